The second kappa shape index (κ2) is 8.16. The normalized spacial score (nSPS) is 16.0. The number of nitrogens with two attached hydrogens (primary N) is 1. The first-order chi connectivity index (χ1) is 9.40. The van der Waals surface area contributed by atoms with Crippen LogP contribution in [0.25, 0.3) is 0 Å². The zero-order chi connectivity index (χ0) is 15.1. The molecule has 0 saturated carbocycles. The highest BCUT2D eigenvalue weighted by Gasteiger charge is 2.19. The van der Waals surface area contributed by atoms with Gasteiger partial charge < -0.3 is 15.5 Å². The largest absolute Gasteiger partial charge is 0.393 e. The number of piperazine rings is 1. The zero-order valence-electron chi connectivity index (χ0n) is 12.3. The van der Waals surface area contributed by atoms with Gasteiger partial charge in [0.25, 0.3) is 0 Å². The average Bonchev–Trinajstić information content (AvgIpc) is 2.42. The molecule has 0 aromatic heterocycles. The number of nitrogens with zero attached hydrogens (tertiary/aromatic N) is 3. The molecule has 0 radical (unpaired) electrons. The molecule has 2 amide bonds. The molecule has 0 aromatic carbocycles. The van der Waals surface area contributed by atoms with Gasteiger partial charge in [0, 0.05) is 66.1 Å². The van der Waals surface area contributed by atoms with Crippen LogP contribution >= 0.6 is 12.2 Å². The van der Waals surface area contributed by atoms with Gasteiger partial charge >= 0.3 is 0 Å². The predicted octanol–water partition coefficient (Wildman–Crippen LogP) is -0.325. The summed E-state index contributed by atoms with van der Waals surface area (Å²) in [5, 5.41) is 0. The molecule has 1 aliphatic heterocycles. The Morgan fingerprint density at radius 3 is 2.30 bits per heavy atom. The quantitative estimate of drug-likeness (QED) is 0.681. The smallest absolute Gasteiger partial charge is 0.223 e. The molecule has 6 nitrogen and oxygen atoms in total. The first-order valence-corrected chi connectivity index (χ1v) is 7.31. The Bertz CT molecular complexity index is 367. The molecule has 0 atom stereocenters. The molecule has 1 fully saturated rings. The summed E-state index contributed by atoms with van der Waals surface area (Å²) < 4.78 is 0. The van der Waals surface area contributed by atoms with Crippen LogP contribution in [0.3, 0.4) is 0 Å². The average molecular weight is 300 g/mol. The van der Waals surface area contributed by atoms with Crippen molar-refractivity contribution in [3.63, 3.8) is 0 Å². The van der Waals surface area contributed by atoms with E-state index in [0.29, 0.717) is 24.4 Å². The van der Waals surface area contributed by atoms with Gasteiger partial charge in [-0.25, -0.2) is 0 Å². The van der Waals surface area contributed by atoms with Gasteiger partial charge in [-0.15, -0.1) is 0 Å². The summed E-state index contributed by atoms with van der Waals surface area (Å²) in [6, 6.07) is 0. The molecule has 0 aliphatic carbocycles. The lowest BCUT2D eigenvalue weighted by Crippen LogP contribution is -2.48. The van der Waals surface area contributed by atoms with Crippen molar-refractivity contribution in [1.82, 2.24) is 14.7 Å². The number of rotatable bonds is 6. The fourth-order valence-corrected chi connectivity index (χ4v) is 2.22. The molecule has 0 bridgehead atoms. The third kappa shape index (κ3) is 5.83. The molecule has 20 heavy (non-hydrogen) atoms. The SMILES string of the molecule is CC(=O)N1CCN(CCC(=O)N(C)CCC(N)=S)CC1. The fraction of sp³-hybridized carbons (Fsp3) is 0.769. The van der Waals surface area contributed by atoms with Crippen LogP contribution < -0.4 is 5.73 Å². The van der Waals surface area contributed by atoms with Crippen LogP contribution in [0, 0.1) is 0 Å². The minimum absolute atomic E-state index is 0.107. The van der Waals surface area contributed by atoms with E-state index in [1.807, 2.05) is 4.90 Å². The van der Waals surface area contributed by atoms with Crippen molar-refractivity contribution in [2.75, 3.05) is 46.3 Å². The van der Waals surface area contributed by atoms with Gasteiger partial charge in [0.1, 0.15) is 0 Å². The molecule has 1 heterocycles. The van der Waals surface area contributed by atoms with E-state index < -0.39 is 0 Å². The second-order valence-corrected chi connectivity index (χ2v) is 5.65. The van der Waals surface area contributed by atoms with E-state index in [1.165, 1.54) is 0 Å². The summed E-state index contributed by atoms with van der Waals surface area (Å²) in [4.78, 5) is 29.3. The third-order valence-electron chi connectivity index (χ3n) is 3.58. The first-order valence-electron chi connectivity index (χ1n) is 6.90. The van der Waals surface area contributed by atoms with Crippen molar-refractivity contribution in [3.8, 4) is 0 Å². The monoisotopic (exact) mass is 300 g/mol. The Kier molecular flexibility index (Phi) is 6.87. The standard InChI is InChI=1S/C13H24N4O2S/c1-11(18)17-9-7-16(8-10-17)6-4-13(19)15(2)5-3-12(14)20/h3-10H2,1-2H3,(H2,14,20). The van der Waals surface area contributed by atoms with E-state index in [4.69, 9.17) is 18.0 Å². The summed E-state index contributed by atoms with van der Waals surface area (Å²) in [7, 11) is 1.77. The number of hydrogen-bond acceptors (Lipinski definition) is 4. The highest BCUT2D eigenvalue weighted by molar-refractivity contribution is 7.80. The van der Waals surface area contributed by atoms with Crippen molar-refractivity contribution in [3.05, 3.63) is 0 Å². The summed E-state index contributed by atoms with van der Waals surface area (Å²) >= 11 is 4.80. The number of carbonyl (C=O) groups is 2. The molecule has 1 saturated heterocycles. The Hall–Kier alpha value is -1.21. The minimum atomic E-state index is 0.107. The van der Waals surface area contributed by atoms with Crippen LogP contribution in [-0.2, 0) is 9.59 Å². The van der Waals surface area contributed by atoms with Crippen LogP contribution in [0.1, 0.15) is 19.8 Å². The topological polar surface area (TPSA) is 69.9 Å². The summed E-state index contributed by atoms with van der Waals surface area (Å²) in [5.41, 5.74) is 5.42. The highest BCUT2D eigenvalue weighted by atomic mass is 32.1. The van der Waals surface area contributed by atoms with Crippen molar-refractivity contribution in [2.24, 2.45) is 5.73 Å². The molecular weight excluding hydrogens is 276 g/mol. The van der Waals surface area contributed by atoms with Gasteiger partial charge in [-0.2, -0.15) is 0 Å². The molecule has 2 N–H and O–H groups in total. The van der Waals surface area contributed by atoms with E-state index in [2.05, 4.69) is 4.90 Å². The summed E-state index contributed by atoms with van der Waals surface area (Å²) in [6.45, 7) is 6.08. The van der Waals surface area contributed by atoms with Crippen molar-refractivity contribution in [2.45, 2.75) is 19.8 Å². The predicted molar refractivity (Wildman–Crippen MR) is 82.4 cm³/mol. The van der Waals surface area contributed by atoms with Gasteiger partial charge in [0.05, 0.1) is 4.99 Å². The van der Waals surface area contributed by atoms with Gasteiger partial charge in [-0.05, 0) is 0 Å². The molecule has 1 rings (SSSR count). The van der Waals surface area contributed by atoms with E-state index in [-0.39, 0.29) is 11.8 Å². The molecule has 7 heteroatoms. The van der Waals surface area contributed by atoms with E-state index in [1.54, 1.807) is 18.9 Å². The highest BCUT2D eigenvalue weighted by Crippen LogP contribution is 2.04. The Morgan fingerprint density at radius 2 is 1.80 bits per heavy atom. The molecule has 1 aliphatic rings. The third-order valence-corrected chi connectivity index (χ3v) is 3.78. The number of hydrogen-bond donors (Lipinski definition) is 1. The van der Waals surface area contributed by atoms with Crippen LogP contribution in [0.2, 0.25) is 0 Å². The Morgan fingerprint density at radius 1 is 1.20 bits per heavy atom. The number of carbonyl (C=O) groups excluding carboxylic acids is 2. The Labute approximate surface area is 125 Å². The second-order valence-electron chi connectivity index (χ2n) is 5.13. The van der Waals surface area contributed by atoms with Crippen LogP contribution in [-0.4, -0.2) is 77.8 Å². The van der Waals surface area contributed by atoms with Crippen molar-refractivity contribution < 1.29 is 9.59 Å². The van der Waals surface area contributed by atoms with Crippen LogP contribution in [0.4, 0.5) is 0 Å². The summed E-state index contributed by atoms with van der Waals surface area (Å²) in [5.74, 6) is 0.230. The van der Waals surface area contributed by atoms with Crippen LogP contribution in [0.15, 0.2) is 0 Å². The fourth-order valence-electron chi connectivity index (χ4n) is 2.13. The maximum atomic E-state index is 11.9. The lowest BCUT2D eigenvalue weighted by molar-refractivity contribution is -0.132. The van der Waals surface area contributed by atoms with E-state index >= 15 is 0 Å². The van der Waals surface area contributed by atoms with E-state index in [9.17, 15) is 9.59 Å². The zero-order valence-corrected chi connectivity index (χ0v) is 13.1. The maximum absolute atomic E-state index is 11.9. The van der Waals surface area contributed by atoms with Crippen LogP contribution in [0.5, 0.6) is 0 Å². The van der Waals surface area contributed by atoms with Crippen molar-refractivity contribution >= 4 is 29.0 Å². The molecule has 0 aromatic rings. The van der Waals surface area contributed by atoms with Gasteiger partial charge in [0.15, 0.2) is 0 Å². The number of thiocarbonyl (C=S) groups is 1. The molecule has 0 unspecified atom stereocenters. The first kappa shape index (κ1) is 16.8. The lowest BCUT2D eigenvalue weighted by atomic mass is 10.2. The maximum Gasteiger partial charge on any atom is 0.223 e. The van der Waals surface area contributed by atoms with Gasteiger partial charge in [0.2, 0.25) is 11.8 Å². The molecule has 114 valence electrons. The molecular formula is C13H24N4O2S. The number of amides is 2. The minimum Gasteiger partial charge on any atom is -0.393 e. The van der Waals surface area contributed by atoms with Gasteiger partial charge in [-0.1, -0.05) is 12.2 Å². The van der Waals surface area contributed by atoms with E-state index in [0.717, 1.165) is 32.7 Å². The van der Waals surface area contributed by atoms with Crippen molar-refractivity contribution in [1.29, 1.82) is 0 Å². The summed E-state index contributed by atoms with van der Waals surface area (Å²) in [6.07, 6.45) is 1.06. The van der Waals surface area contributed by atoms with Gasteiger partial charge in [-0.3, -0.25) is 14.5 Å². The Balaban J connectivity index is 2.21. The lowest BCUT2D eigenvalue weighted by Gasteiger charge is -2.34. The molecule has 0 spiro atoms.